The molecule has 1 N–H and O–H groups in total. The second-order valence-corrected chi connectivity index (χ2v) is 6.86. The monoisotopic (exact) mass is 282 g/mol. The molecular weight excluding hydrogens is 252 g/mol. The minimum atomic E-state index is -0.367. The Morgan fingerprint density at radius 1 is 1.25 bits per heavy atom. The Kier molecular flexibility index (Phi) is 6.03. The maximum atomic E-state index is 12.3. The standard InChI is InChI=1S/C16H30N2O2/c1-6-13(7-2)17-14(19)12-9-8-10-18(11-12)15(20)16(3,4)5/h12-13H,6-11H2,1-5H3,(H,17,19). The first kappa shape index (κ1) is 17.0. The fraction of sp³-hybridized carbons (Fsp3) is 0.875. The van der Waals surface area contributed by atoms with Crippen LogP contribution in [0.4, 0.5) is 0 Å². The van der Waals surface area contributed by atoms with E-state index in [0.717, 1.165) is 32.2 Å². The molecule has 116 valence electrons. The summed E-state index contributed by atoms with van der Waals surface area (Å²) in [6.07, 6.45) is 3.72. The number of carbonyl (C=O) groups excluding carboxylic acids is 2. The molecule has 0 bridgehead atoms. The number of nitrogens with zero attached hydrogens (tertiary/aromatic N) is 1. The van der Waals surface area contributed by atoms with Crippen molar-refractivity contribution in [2.24, 2.45) is 11.3 Å². The smallest absolute Gasteiger partial charge is 0.227 e. The number of piperidine rings is 1. The van der Waals surface area contributed by atoms with Crippen LogP contribution in [0.1, 0.15) is 60.3 Å². The Bertz CT molecular complexity index is 343. The van der Waals surface area contributed by atoms with Crippen molar-refractivity contribution in [3.8, 4) is 0 Å². The lowest BCUT2D eigenvalue weighted by Crippen LogP contribution is -2.49. The van der Waals surface area contributed by atoms with Gasteiger partial charge >= 0.3 is 0 Å². The molecule has 1 rings (SSSR count). The summed E-state index contributed by atoms with van der Waals surface area (Å²) < 4.78 is 0. The van der Waals surface area contributed by atoms with Crippen LogP contribution in [0.5, 0.6) is 0 Å². The van der Waals surface area contributed by atoms with Crippen molar-refractivity contribution in [1.82, 2.24) is 10.2 Å². The summed E-state index contributed by atoms with van der Waals surface area (Å²) >= 11 is 0. The van der Waals surface area contributed by atoms with E-state index in [1.54, 1.807) is 0 Å². The molecule has 0 aliphatic carbocycles. The average molecular weight is 282 g/mol. The molecule has 4 nitrogen and oxygen atoms in total. The average Bonchev–Trinajstić information content (AvgIpc) is 2.42. The summed E-state index contributed by atoms with van der Waals surface area (Å²) in [4.78, 5) is 26.5. The first-order valence-electron chi connectivity index (χ1n) is 7.89. The summed E-state index contributed by atoms with van der Waals surface area (Å²) in [6.45, 7) is 11.3. The molecule has 1 unspecified atom stereocenters. The van der Waals surface area contributed by atoms with Gasteiger partial charge in [-0.1, -0.05) is 34.6 Å². The van der Waals surface area contributed by atoms with Crippen LogP contribution in [-0.4, -0.2) is 35.8 Å². The Morgan fingerprint density at radius 2 is 1.85 bits per heavy atom. The summed E-state index contributed by atoms with van der Waals surface area (Å²) in [7, 11) is 0. The first-order valence-corrected chi connectivity index (χ1v) is 7.89. The predicted octanol–water partition coefficient (Wildman–Crippen LogP) is 2.58. The Balaban J connectivity index is 2.60. The van der Waals surface area contributed by atoms with Gasteiger partial charge < -0.3 is 10.2 Å². The molecule has 0 saturated carbocycles. The van der Waals surface area contributed by atoms with Gasteiger partial charge in [0, 0.05) is 24.5 Å². The molecule has 1 aliphatic rings. The van der Waals surface area contributed by atoms with Gasteiger partial charge in [0.05, 0.1) is 5.92 Å². The molecule has 0 aromatic rings. The SMILES string of the molecule is CCC(CC)NC(=O)C1CCCN(C(=O)C(C)(C)C)C1. The van der Waals surface area contributed by atoms with Gasteiger partial charge in [0.25, 0.3) is 0 Å². The zero-order valence-electron chi connectivity index (χ0n) is 13.7. The lowest BCUT2D eigenvalue weighted by Gasteiger charge is -2.36. The summed E-state index contributed by atoms with van der Waals surface area (Å²) in [6, 6.07) is 0.260. The van der Waals surface area contributed by atoms with Crippen LogP contribution >= 0.6 is 0 Å². The van der Waals surface area contributed by atoms with E-state index >= 15 is 0 Å². The van der Waals surface area contributed by atoms with E-state index in [1.165, 1.54) is 0 Å². The van der Waals surface area contributed by atoms with E-state index in [4.69, 9.17) is 0 Å². The van der Waals surface area contributed by atoms with E-state index in [-0.39, 0.29) is 29.2 Å². The molecule has 4 heteroatoms. The number of hydrogen-bond acceptors (Lipinski definition) is 2. The largest absolute Gasteiger partial charge is 0.353 e. The molecule has 1 atom stereocenters. The second-order valence-electron chi connectivity index (χ2n) is 6.86. The van der Waals surface area contributed by atoms with Crippen molar-refractivity contribution in [3.05, 3.63) is 0 Å². The number of rotatable bonds is 4. The number of amides is 2. The van der Waals surface area contributed by atoms with Crippen LogP contribution in [0.25, 0.3) is 0 Å². The minimum Gasteiger partial charge on any atom is -0.353 e. The zero-order chi connectivity index (χ0) is 15.3. The maximum Gasteiger partial charge on any atom is 0.227 e. The molecule has 1 saturated heterocycles. The predicted molar refractivity (Wildman–Crippen MR) is 81.3 cm³/mol. The number of carbonyl (C=O) groups is 2. The van der Waals surface area contributed by atoms with E-state index in [2.05, 4.69) is 19.2 Å². The molecule has 1 heterocycles. The summed E-state index contributed by atoms with van der Waals surface area (Å²) in [5.74, 6) is 0.221. The zero-order valence-corrected chi connectivity index (χ0v) is 13.7. The van der Waals surface area contributed by atoms with Crippen LogP contribution in [0.3, 0.4) is 0 Å². The highest BCUT2D eigenvalue weighted by atomic mass is 16.2. The minimum absolute atomic E-state index is 0.0457. The summed E-state index contributed by atoms with van der Waals surface area (Å²) in [5.41, 5.74) is -0.367. The van der Waals surface area contributed by atoms with Crippen LogP contribution < -0.4 is 5.32 Å². The quantitative estimate of drug-likeness (QED) is 0.861. The van der Waals surface area contributed by atoms with Gasteiger partial charge in [-0.25, -0.2) is 0 Å². The molecule has 1 fully saturated rings. The Hall–Kier alpha value is -1.06. The van der Waals surface area contributed by atoms with Crippen molar-refractivity contribution >= 4 is 11.8 Å². The number of hydrogen-bond donors (Lipinski definition) is 1. The third-order valence-corrected chi connectivity index (χ3v) is 4.05. The van der Waals surface area contributed by atoms with Gasteiger partial charge in [-0.05, 0) is 25.7 Å². The highest BCUT2D eigenvalue weighted by Gasteiger charge is 2.33. The van der Waals surface area contributed by atoms with Gasteiger partial charge in [-0.15, -0.1) is 0 Å². The van der Waals surface area contributed by atoms with Crippen LogP contribution in [0.2, 0.25) is 0 Å². The van der Waals surface area contributed by atoms with E-state index < -0.39 is 0 Å². The Labute approximate surface area is 123 Å². The van der Waals surface area contributed by atoms with Gasteiger partial charge in [0.15, 0.2) is 0 Å². The van der Waals surface area contributed by atoms with E-state index in [9.17, 15) is 9.59 Å². The van der Waals surface area contributed by atoms with Gasteiger partial charge in [-0.2, -0.15) is 0 Å². The van der Waals surface area contributed by atoms with Crippen LogP contribution in [0.15, 0.2) is 0 Å². The molecule has 0 aromatic heterocycles. The van der Waals surface area contributed by atoms with Crippen molar-refractivity contribution in [3.63, 3.8) is 0 Å². The van der Waals surface area contributed by atoms with Gasteiger partial charge in [0.1, 0.15) is 0 Å². The fourth-order valence-corrected chi connectivity index (χ4v) is 2.66. The van der Waals surface area contributed by atoms with Crippen molar-refractivity contribution in [1.29, 1.82) is 0 Å². The fourth-order valence-electron chi connectivity index (χ4n) is 2.66. The van der Waals surface area contributed by atoms with Gasteiger partial charge in [-0.3, -0.25) is 9.59 Å². The van der Waals surface area contributed by atoms with E-state index in [0.29, 0.717) is 6.54 Å². The van der Waals surface area contributed by atoms with E-state index in [1.807, 2.05) is 25.7 Å². The third kappa shape index (κ3) is 4.50. The van der Waals surface area contributed by atoms with Gasteiger partial charge in [0.2, 0.25) is 11.8 Å². The van der Waals surface area contributed by atoms with Crippen LogP contribution in [0, 0.1) is 11.3 Å². The summed E-state index contributed by atoms with van der Waals surface area (Å²) in [5, 5.41) is 3.11. The van der Waals surface area contributed by atoms with Crippen molar-refractivity contribution in [2.75, 3.05) is 13.1 Å². The molecule has 0 spiro atoms. The normalized spacial score (nSPS) is 20.1. The van der Waals surface area contributed by atoms with Crippen molar-refractivity contribution < 1.29 is 9.59 Å². The number of nitrogens with one attached hydrogen (secondary N) is 1. The van der Waals surface area contributed by atoms with Crippen LogP contribution in [-0.2, 0) is 9.59 Å². The topological polar surface area (TPSA) is 49.4 Å². The molecule has 1 aliphatic heterocycles. The first-order chi connectivity index (χ1) is 9.29. The highest BCUT2D eigenvalue weighted by Crippen LogP contribution is 2.23. The molecular formula is C16H30N2O2. The number of likely N-dealkylation sites (tertiary alicyclic amines) is 1. The third-order valence-electron chi connectivity index (χ3n) is 4.05. The second kappa shape index (κ2) is 7.09. The maximum absolute atomic E-state index is 12.3. The Morgan fingerprint density at radius 3 is 2.35 bits per heavy atom. The lowest BCUT2D eigenvalue weighted by molar-refractivity contribution is -0.142. The molecule has 2 amide bonds. The van der Waals surface area contributed by atoms with Crippen molar-refractivity contribution in [2.45, 2.75) is 66.3 Å². The highest BCUT2D eigenvalue weighted by molar-refractivity contribution is 5.84. The lowest BCUT2D eigenvalue weighted by atomic mass is 9.90. The molecule has 0 radical (unpaired) electrons. The molecule has 20 heavy (non-hydrogen) atoms. The molecule has 0 aromatic carbocycles.